The van der Waals surface area contributed by atoms with Crippen LogP contribution in [0.1, 0.15) is 11.1 Å². The summed E-state index contributed by atoms with van der Waals surface area (Å²) in [6.45, 7) is 1.95. The molecule has 188 valence electrons. The number of halogens is 3. The summed E-state index contributed by atoms with van der Waals surface area (Å²) in [5, 5.41) is 1.47. The molecule has 3 aromatic carbocycles. The molecule has 6 rings (SSSR count). The summed E-state index contributed by atoms with van der Waals surface area (Å²) in [5.74, 6) is 0.179. The first kappa shape index (κ1) is 24.1. The predicted molar refractivity (Wildman–Crippen MR) is 142 cm³/mol. The summed E-state index contributed by atoms with van der Waals surface area (Å²) >= 11 is 0. The summed E-state index contributed by atoms with van der Waals surface area (Å²) < 4.78 is 59.8. The maximum Gasteiger partial charge on any atom is 0.416 e. The van der Waals surface area contributed by atoms with Gasteiger partial charge in [-0.1, -0.05) is 48.5 Å². The first-order chi connectivity index (χ1) is 18.2. The Balaban J connectivity index is 1.42. The average Bonchev–Trinajstić information content (AvgIpc) is 3.17. The highest BCUT2D eigenvalue weighted by Gasteiger charge is 2.41. The van der Waals surface area contributed by atoms with Crippen LogP contribution in [0.4, 0.5) is 13.2 Å². The molecule has 0 radical (unpaired) electrons. The second-order valence-electron chi connectivity index (χ2n) is 9.06. The van der Waals surface area contributed by atoms with E-state index in [9.17, 15) is 17.7 Å². The van der Waals surface area contributed by atoms with Crippen molar-refractivity contribution in [3.05, 3.63) is 115 Å². The Bertz CT molecular complexity index is 1750. The van der Waals surface area contributed by atoms with E-state index in [-0.39, 0.29) is 5.88 Å². The third-order valence-corrected chi connectivity index (χ3v) is 9.55. The number of aromatic nitrogens is 2. The van der Waals surface area contributed by atoms with Gasteiger partial charge in [0.05, 0.1) is 5.56 Å². The van der Waals surface area contributed by atoms with Crippen molar-refractivity contribution in [1.82, 2.24) is 9.97 Å². The van der Waals surface area contributed by atoms with Gasteiger partial charge in [-0.2, -0.15) is 13.2 Å². The van der Waals surface area contributed by atoms with Crippen LogP contribution in [0.5, 0.6) is 11.6 Å². The van der Waals surface area contributed by atoms with Crippen molar-refractivity contribution in [3.8, 4) is 33.9 Å². The van der Waals surface area contributed by atoms with Gasteiger partial charge in [-0.05, 0) is 71.1 Å². The van der Waals surface area contributed by atoms with Crippen LogP contribution in [-0.2, 0) is 10.7 Å². The number of rotatable bonds is 4. The minimum absolute atomic E-state index is 0.156. The van der Waals surface area contributed by atoms with Crippen LogP contribution in [0.3, 0.4) is 0 Å². The fourth-order valence-electron chi connectivity index (χ4n) is 4.75. The van der Waals surface area contributed by atoms with E-state index in [4.69, 9.17) is 4.74 Å². The fourth-order valence-corrected chi connectivity index (χ4v) is 7.80. The maximum absolute atomic E-state index is 14.8. The van der Waals surface area contributed by atoms with E-state index in [2.05, 4.69) is 9.97 Å². The van der Waals surface area contributed by atoms with Gasteiger partial charge >= 0.3 is 6.18 Å². The van der Waals surface area contributed by atoms with Crippen molar-refractivity contribution < 1.29 is 22.5 Å². The predicted octanol–water partition coefficient (Wildman–Crippen LogP) is 6.88. The molecule has 0 amide bonds. The molecule has 0 saturated heterocycles. The summed E-state index contributed by atoms with van der Waals surface area (Å²) in [6.07, 6.45) is -1.75. The number of nitrogens with zero attached hydrogens (tertiary/aromatic N) is 2. The molecule has 2 aromatic heterocycles. The van der Waals surface area contributed by atoms with Crippen molar-refractivity contribution in [2.45, 2.75) is 13.1 Å². The van der Waals surface area contributed by atoms with E-state index < -0.39 is 18.9 Å². The number of ether oxygens (including phenoxy) is 1. The lowest BCUT2D eigenvalue weighted by atomic mass is 10.0. The normalized spacial score (nSPS) is 16.1. The van der Waals surface area contributed by atoms with Crippen molar-refractivity contribution >= 4 is 23.2 Å². The van der Waals surface area contributed by atoms with E-state index in [0.29, 0.717) is 16.5 Å². The molecular formula is C30H20F3N2O2P. The van der Waals surface area contributed by atoms with Crippen LogP contribution < -0.4 is 20.8 Å². The Hall–Kier alpha value is -4.22. The Morgan fingerprint density at radius 2 is 1.50 bits per heavy atom. The molecule has 0 saturated carbocycles. The lowest BCUT2D eigenvalue weighted by Gasteiger charge is -2.16. The molecule has 4 nitrogen and oxygen atoms in total. The Labute approximate surface area is 217 Å². The standard InChI is InChI=1S/C30H20F3N2O2P/c1-19-11-13-35-29(15-19)38(36)26-8-3-2-7-24(26)25-10-9-21(17-27(25)38)20-5-4-6-23(16-20)37-28-18-22(12-14-34-28)30(31,32)33/h2-18H,1H3. The fraction of sp³-hybridized carbons (Fsp3) is 0.0667. The minimum atomic E-state index is -4.50. The Kier molecular flexibility index (Phi) is 5.69. The van der Waals surface area contributed by atoms with Gasteiger partial charge in [-0.15, -0.1) is 0 Å². The van der Waals surface area contributed by atoms with Crippen LogP contribution in [0.25, 0.3) is 22.3 Å². The summed E-state index contributed by atoms with van der Waals surface area (Å²) in [6, 6.07) is 26.0. The van der Waals surface area contributed by atoms with Crippen LogP contribution in [0, 0.1) is 6.92 Å². The molecule has 3 heterocycles. The molecule has 38 heavy (non-hydrogen) atoms. The highest BCUT2D eigenvalue weighted by atomic mass is 31.2. The molecular weight excluding hydrogens is 508 g/mol. The van der Waals surface area contributed by atoms with Crippen LogP contribution in [-0.4, -0.2) is 9.97 Å². The Morgan fingerprint density at radius 3 is 2.32 bits per heavy atom. The molecule has 1 unspecified atom stereocenters. The number of hydrogen-bond acceptors (Lipinski definition) is 4. The molecule has 1 aliphatic rings. The minimum Gasteiger partial charge on any atom is -0.439 e. The molecule has 1 atom stereocenters. The van der Waals surface area contributed by atoms with Crippen LogP contribution in [0.15, 0.2) is 103 Å². The van der Waals surface area contributed by atoms with E-state index in [1.54, 1.807) is 24.4 Å². The monoisotopic (exact) mass is 528 g/mol. The van der Waals surface area contributed by atoms with Crippen LogP contribution in [0.2, 0.25) is 0 Å². The van der Waals surface area contributed by atoms with E-state index >= 15 is 0 Å². The van der Waals surface area contributed by atoms with E-state index in [0.717, 1.165) is 51.5 Å². The van der Waals surface area contributed by atoms with Crippen molar-refractivity contribution in [2.75, 3.05) is 0 Å². The topological polar surface area (TPSA) is 52.1 Å². The van der Waals surface area contributed by atoms with E-state index in [1.807, 2.05) is 67.6 Å². The van der Waals surface area contributed by atoms with Gasteiger partial charge in [0.1, 0.15) is 11.2 Å². The zero-order chi connectivity index (χ0) is 26.5. The number of aryl methyl sites for hydroxylation is 1. The lowest BCUT2D eigenvalue weighted by Crippen LogP contribution is -2.23. The Morgan fingerprint density at radius 1 is 0.737 bits per heavy atom. The second kappa shape index (κ2) is 8.96. The molecule has 0 N–H and O–H groups in total. The number of alkyl halides is 3. The largest absolute Gasteiger partial charge is 0.439 e. The van der Waals surface area contributed by atoms with Gasteiger partial charge in [0.15, 0.2) is 7.14 Å². The first-order valence-electron chi connectivity index (χ1n) is 11.8. The number of hydrogen-bond donors (Lipinski definition) is 0. The zero-order valence-corrected chi connectivity index (χ0v) is 21.0. The molecule has 1 aliphatic heterocycles. The highest BCUT2D eigenvalue weighted by molar-refractivity contribution is 7.86. The second-order valence-corrected chi connectivity index (χ2v) is 11.7. The lowest BCUT2D eigenvalue weighted by molar-refractivity contribution is -0.137. The SMILES string of the molecule is Cc1ccnc(P2(=O)c3ccccc3-c3ccc(-c4cccc(Oc5cc(C(F)(F)F)ccn5)c4)cc32)c1. The van der Waals surface area contributed by atoms with Crippen molar-refractivity contribution in [1.29, 1.82) is 0 Å². The van der Waals surface area contributed by atoms with Crippen molar-refractivity contribution in [3.63, 3.8) is 0 Å². The molecule has 0 fully saturated rings. The maximum atomic E-state index is 14.8. The molecule has 0 bridgehead atoms. The van der Waals surface area contributed by atoms with Gasteiger partial charge in [-0.25, -0.2) is 4.98 Å². The van der Waals surface area contributed by atoms with Gasteiger partial charge in [0.2, 0.25) is 5.88 Å². The summed E-state index contributed by atoms with van der Waals surface area (Å²) in [4.78, 5) is 8.42. The molecule has 8 heteroatoms. The zero-order valence-electron chi connectivity index (χ0n) is 20.1. The number of benzene rings is 3. The van der Waals surface area contributed by atoms with Crippen LogP contribution >= 0.6 is 7.14 Å². The van der Waals surface area contributed by atoms with Crippen molar-refractivity contribution in [2.24, 2.45) is 0 Å². The molecule has 0 aliphatic carbocycles. The smallest absolute Gasteiger partial charge is 0.416 e. The first-order valence-corrected chi connectivity index (χ1v) is 13.5. The van der Waals surface area contributed by atoms with Gasteiger partial charge in [0, 0.05) is 29.1 Å². The highest BCUT2D eigenvalue weighted by Crippen LogP contribution is 2.52. The van der Waals surface area contributed by atoms with Gasteiger partial charge in [-0.3, -0.25) is 4.98 Å². The molecule has 0 spiro atoms. The third-order valence-electron chi connectivity index (χ3n) is 6.55. The quantitative estimate of drug-likeness (QED) is 0.234. The number of pyridine rings is 2. The number of fused-ring (bicyclic) bond motifs is 3. The third kappa shape index (κ3) is 4.09. The van der Waals surface area contributed by atoms with Gasteiger partial charge < -0.3 is 9.30 Å². The summed E-state index contributed by atoms with van der Waals surface area (Å²) in [7, 11) is -3.22. The van der Waals surface area contributed by atoms with Gasteiger partial charge in [0.25, 0.3) is 0 Å². The van der Waals surface area contributed by atoms with E-state index in [1.165, 1.54) is 0 Å². The average molecular weight is 528 g/mol. The summed E-state index contributed by atoms with van der Waals surface area (Å²) in [5.41, 5.74) is 4.06. The molecule has 5 aromatic rings.